The molecule has 4 heteroatoms. The molecule has 1 aromatic carbocycles. The van der Waals surface area contributed by atoms with Crippen molar-refractivity contribution in [2.24, 2.45) is 0 Å². The maximum Gasteiger partial charge on any atom is 0.254 e. The largest absolute Gasteiger partial charge is 0.334 e. The van der Waals surface area contributed by atoms with Gasteiger partial charge in [0.05, 0.1) is 11.6 Å². The van der Waals surface area contributed by atoms with Gasteiger partial charge in [-0.05, 0) is 43.7 Å². The van der Waals surface area contributed by atoms with Crippen molar-refractivity contribution in [3.05, 3.63) is 35.4 Å². The molecule has 1 aliphatic rings. The third-order valence-corrected chi connectivity index (χ3v) is 3.46. The van der Waals surface area contributed by atoms with Crippen molar-refractivity contribution in [3.63, 3.8) is 0 Å². The second-order valence-electron chi connectivity index (χ2n) is 4.83. The maximum absolute atomic E-state index is 12.5. The van der Waals surface area contributed by atoms with E-state index in [1.165, 1.54) is 0 Å². The number of nitriles is 1. The van der Waals surface area contributed by atoms with Gasteiger partial charge >= 0.3 is 0 Å². The van der Waals surface area contributed by atoms with Gasteiger partial charge in [-0.2, -0.15) is 5.26 Å². The summed E-state index contributed by atoms with van der Waals surface area (Å²) in [5.74, 6) is 0.0695. The lowest BCUT2D eigenvalue weighted by Crippen LogP contribution is -2.42. The van der Waals surface area contributed by atoms with Crippen LogP contribution in [0.5, 0.6) is 0 Å². The lowest BCUT2D eigenvalue weighted by molar-refractivity contribution is 0.0692. The van der Waals surface area contributed by atoms with E-state index in [0.29, 0.717) is 17.2 Å². The molecule has 1 heterocycles. The van der Waals surface area contributed by atoms with Crippen LogP contribution in [0, 0.1) is 11.3 Å². The van der Waals surface area contributed by atoms with Crippen LogP contribution in [0.25, 0.3) is 0 Å². The van der Waals surface area contributed by atoms with E-state index in [-0.39, 0.29) is 5.91 Å². The number of carbonyl (C=O) groups is 1. The highest BCUT2D eigenvalue weighted by molar-refractivity contribution is 5.94. The molecule has 1 unspecified atom stereocenters. The summed E-state index contributed by atoms with van der Waals surface area (Å²) in [4.78, 5) is 14.5. The average Bonchev–Trinajstić information content (AvgIpc) is 2.98. The Morgan fingerprint density at radius 1 is 1.47 bits per heavy atom. The van der Waals surface area contributed by atoms with Crippen LogP contribution < -0.4 is 5.32 Å². The fourth-order valence-electron chi connectivity index (χ4n) is 2.45. The first kappa shape index (κ1) is 13.6. The summed E-state index contributed by atoms with van der Waals surface area (Å²) in [7, 11) is 0. The van der Waals surface area contributed by atoms with E-state index in [2.05, 4.69) is 18.3 Å². The van der Waals surface area contributed by atoms with Gasteiger partial charge in [0.2, 0.25) is 0 Å². The zero-order valence-electron chi connectivity index (χ0n) is 11.2. The van der Waals surface area contributed by atoms with E-state index in [4.69, 9.17) is 5.26 Å². The van der Waals surface area contributed by atoms with E-state index in [0.717, 1.165) is 32.5 Å². The smallest absolute Gasteiger partial charge is 0.254 e. The van der Waals surface area contributed by atoms with Gasteiger partial charge in [-0.1, -0.05) is 6.92 Å². The highest BCUT2D eigenvalue weighted by Gasteiger charge is 2.26. The minimum atomic E-state index is 0.0695. The summed E-state index contributed by atoms with van der Waals surface area (Å²) < 4.78 is 0. The summed E-state index contributed by atoms with van der Waals surface area (Å²) in [5.41, 5.74) is 1.25. The lowest BCUT2D eigenvalue weighted by atomic mass is 10.1. The van der Waals surface area contributed by atoms with Crippen LogP contribution in [-0.2, 0) is 0 Å². The Kier molecular flexibility index (Phi) is 4.53. The van der Waals surface area contributed by atoms with Gasteiger partial charge in [-0.15, -0.1) is 0 Å². The summed E-state index contributed by atoms with van der Waals surface area (Å²) in [6, 6.07) is 9.24. The molecule has 2 rings (SSSR count). The third-order valence-electron chi connectivity index (χ3n) is 3.46. The molecule has 1 saturated heterocycles. The second kappa shape index (κ2) is 6.35. The number of amides is 1. The van der Waals surface area contributed by atoms with Gasteiger partial charge in [0.15, 0.2) is 0 Å². The number of nitrogens with one attached hydrogen (secondary N) is 1. The lowest BCUT2D eigenvalue weighted by Gasteiger charge is -2.28. The molecule has 1 N–H and O–H groups in total. The number of hydrogen-bond acceptors (Lipinski definition) is 3. The van der Waals surface area contributed by atoms with Gasteiger partial charge in [-0.3, -0.25) is 4.79 Å². The molecule has 1 fully saturated rings. The van der Waals surface area contributed by atoms with Crippen molar-refractivity contribution in [1.82, 2.24) is 10.2 Å². The Morgan fingerprint density at radius 3 is 2.74 bits per heavy atom. The highest BCUT2D eigenvalue weighted by Crippen LogP contribution is 2.14. The molecule has 1 aromatic rings. The molecule has 0 aromatic heterocycles. The van der Waals surface area contributed by atoms with E-state index in [1.807, 2.05) is 4.90 Å². The van der Waals surface area contributed by atoms with Crippen molar-refractivity contribution in [2.45, 2.75) is 25.8 Å². The van der Waals surface area contributed by atoms with Gasteiger partial charge in [0, 0.05) is 24.7 Å². The number of benzene rings is 1. The summed E-state index contributed by atoms with van der Waals surface area (Å²) in [5, 5.41) is 12.1. The number of rotatable bonds is 4. The van der Waals surface area contributed by atoms with E-state index < -0.39 is 0 Å². The van der Waals surface area contributed by atoms with Crippen LogP contribution >= 0.6 is 0 Å². The van der Waals surface area contributed by atoms with Gasteiger partial charge in [-0.25, -0.2) is 0 Å². The first-order valence-corrected chi connectivity index (χ1v) is 6.78. The highest BCUT2D eigenvalue weighted by atomic mass is 16.2. The van der Waals surface area contributed by atoms with Crippen molar-refractivity contribution in [1.29, 1.82) is 5.26 Å². The molecule has 0 spiro atoms. The minimum Gasteiger partial charge on any atom is -0.334 e. The van der Waals surface area contributed by atoms with Gasteiger partial charge < -0.3 is 10.2 Å². The zero-order chi connectivity index (χ0) is 13.7. The molecule has 1 amide bonds. The molecule has 0 saturated carbocycles. The van der Waals surface area contributed by atoms with Crippen molar-refractivity contribution in [3.8, 4) is 6.07 Å². The predicted octanol–water partition coefficient (Wildman–Crippen LogP) is 1.77. The Labute approximate surface area is 114 Å². The first-order valence-electron chi connectivity index (χ1n) is 6.78. The molecule has 1 atom stereocenters. The second-order valence-corrected chi connectivity index (χ2v) is 4.83. The Balaban J connectivity index is 2.15. The topological polar surface area (TPSA) is 56.1 Å². The maximum atomic E-state index is 12.5. The Hall–Kier alpha value is -1.86. The Morgan fingerprint density at radius 2 is 2.21 bits per heavy atom. The van der Waals surface area contributed by atoms with Crippen molar-refractivity contribution >= 4 is 5.91 Å². The number of hydrogen-bond donors (Lipinski definition) is 1. The van der Waals surface area contributed by atoms with Crippen molar-refractivity contribution in [2.75, 3.05) is 19.6 Å². The molecule has 4 nitrogen and oxygen atoms in total. The molecule has 1 aliphatic heterocycles. The quantitative estimate of drug-likeness (QED) is 0.894. The zero-order valence-corrected chi connectivity index (χ0v) is 11.2. The fraction of sp³-hybridized carbons (Fsp3) is 0.467. The Bertz CT molecular complexity index is 469. The van der Waals surface area contributed by atoms with Crippen LogP contribution in [-0.4, -0.2) is 36.5 Å². The SMILES string of the molecule is CCCN(C(=O)c1ccc(C#N)cc1)C1CCNC1. The third kappa shape index (κ3) is 3.12. The molecule has 0 radical (unpaired) electrons. The predicted molar refractivity (Wildman–Crippen MR) is 73.8 cm³/mol. The average molecular weight is 257 g/mol. The number of nitrogens with zero attached hydrogens (tertiary/aromatic N) is 2. The standard InChI is InChI=1S/C15H19N3O/c1-2-9-18(14-7-8-17-11-14)15(19)13-5-3-12(10-16)4-6-13/h3-6,14,17H,2,7-9,11H2,1H3. The van der Waals surface area contributed by atoms with E-state index in [9.17, 15) is 4.79 Å². The van der Waals surface area contributed by atoms with Crippen LogP contribution in [0.2, 0.25) is 0 Å². The van der Waals surface area contributed by atoms with Crippen LogP contribution in [0.1, 0.15) is 35.7 Å². The van der Waals surface area contributed by atoms with E-state index >= 15 is 0 Å². The molecule has 0 aliphatic carbocycles. The van der Waals surface area contributed by atoms with Gasteiger partial charge in [0.1, 0.15) is 0 Å². The normalized spacial score (nSPS) is 18.0. The minimum absolute atomic E-state index is 0.0695. The number of carbonyl (C=O) groups excluding carboxylic acids is 1. The summed E-state index contributed by atoms with van der Waals surface area (Å²) >= 11 is 0. The molecular formula is C15H19N3O. The first-order chi connectivity index (χ1) is 9.26. The van der Waals surface area contributed by atoms with Crippen LogP contribution in [0.15, 0.2) is 24.3 Å². The molecule has 0 bridgehead atoms. The summed E-state index contributed by atoms with van der Waals surface area (Å²) in [6.45, 7) is 4.72. The molecule has 100 valence electrons. The molecule has 19 heavy (non-hydrogen) atoms. The van der Waals surface area contributed by atoms with E-state index in [1.54, 1.807) is 24.3 Å². The molecular weight excluding hydrogens is 238 g/mol. The summed E-state index contributed by atoms with van der Waals surface area (Å²) in [6.07, 6.45) is 1.97. The van der Waals surface area contributed by atoms with Crippen LogP contribution in [0.3, 0.4) is 0 Å². The fourth-order valence-corrected chi connectivity index (χ4v) is 2.45. The van der Waals surface area contributed by atoms with Crippen LogP contribution in [0.4, 0.5) is 0 Å². The van der Waals surface area contributed by atoms with Gasteiger partial charge in [0.25, 0.3) is 5.91 Å². The monoisotopic (exact) mass is 257 g/mol. The van der Waals surface area contributed by atoms with Crippen molar-refractivity contribution < 1.29 is 4.79 Å².